The summed E-state index contributed by atoms with van der Waals surface area (Å²) >= 11 is 0. The van der Waals surface area contributed by atoms with Crippen molar-refractivity contribution in [2.75, 3.05) is 33.3 Å². The van der Waals surface area contributed by atoms with Crippen molar-refractivity contribution in [1.29, 1.82) is 0 Å². The molecule has 1 saturated carbocycles. The quantitative estimate of drug-likeness (QED) is 0.360. The number of benzene rings is 1. The fourth-order valence-electron chi connectivity index (χ4n) is 4.60. The van der Waals surface area contributed by atoms with Crippen LogP contribution >= 0.6 is 0 Å². The van der Waals surface area contributed by atoms with Crippen LogP contribution in [0.4, 0.5) is 4.79 Å². The van der Waals surface area contributed by atoms with Crippen LogP contribution in [0.2, 0.25) is 0 Å². The summed E-state index contributed by atoms with van der Waals surface area (Å²) in [7, 11) is 1.37. The number of aryl methyl sites for hydroxylation is 2. The van der Waals surface area contributed by atoms with Crippen LogP contribution in [0, 0.1) is 13.8 Å². The van der Waals surface area contributed by atoms with Gasteiger partial charge < -0.3 is 14.2 Å². The standard InChI is InChI=1S/C30H41N4O5/c1-19-14-24(28(35)37-7)25(15-20(19)2)38-26(27-31-16-23(17-32-27)22-8-9-22)18-33-11-10-21(3)34(13-12-33)29(36)39-30(4,5)6/h14-17,22,26H,8-13,18H2,1-7H3/q+1. The van der Waals surface area contributed by atoms with Gasteiger partial charge in [-0.05, 0) is 82.2 Å². The molecule has 1 aromatic heterocycles. The second kappa shape index (κ2) is 11.8. The largest absolute Gasteiger partial charge is 0.596 e. The molecular weight excluding hydrogens is 496 g/mol. The fourth-order valence-corrected chi connectivity index (χ4v) is 4.60. The number of carbonyl (C=O) groups is 2. The molecule has 1 atom stereocenters. The highest BCUT2D eigenvalue weighted by Crippen LogP contribution is 2.39. The lowest BCUT2D eigenvalue weighted by molar-refractivity contribution is -0.451. The molecule has 0 N–H and O–H groups in total. The van der Waals surface area contributed by atoms with Crippen LogP contribution in [0.15, 0.2) is 24.5 Å². The second-order valence-electron chi connectivity index (χ2n) is 11.6. The monoisotopic (exact) mass is 537 g/mol. The zero-order chi connectivity index (χ0) is 28.3. The van der Waals surface area contributed by atoms with Crippen molar-refractivity contribution in [3.05, 3.63) is 52.6 Å². The molecule has 9 nitrogen and oxygen atoms in total. The van der Waals surface area contributed by atoms with Gasteiger partial charge in [-0.3, -0.25) is 4.90 Å². The minimum atomic E-state index is -0.560. The number of methoxy groups -OCH3 is 1. The lowest BCUT2D eigenvalue weighted by Crippen LogP contribution is -2.37. The average molecular weight is 538 g/mol. The first kappa shape index (κ1) is 28.7. The average Bonchev–Trinajstić information content (AvgIpc) is 3.73. The van der Waals surface area contributed by atoms with Crippen molar-refractivity contribution < 1.29 is 28.4 Å². The maximum atomic E-state index is 12.8. The molecule has 210 valence electrons. The van der Waals surface area contributed by atoms with E-state index in [1.807, 2.05) is 60.0 Å². The minimum Gasteiger partial charge on any atom is -0.480 e. The third-order valence-electron chi connectivity index (χ3n) is 7.23. The Labute approximate surface area is 231 Å². The van der Waals surface area contributed by atoms with Gasteiger partial charge >= 0.3 is 12.1 Å². The molecule has 0 spiro atoms. The van der Waals surface area contributed by atoms with Crippen molar-refractivity contribution in [2.45, 2.75) is 78.4 Å². The molecule has 2 heterocycles. The summed E-state index contributed by atoms with van der Waals surface area (Å²) in [5.41, 5.74) is 3.91. The molecule has 1 fully saturated rings. The third-order valence-corrected chi connectivity index (χ3v) is 7.23. The maximum Gasteiger partial charge on any atom is 0.596 e. The highest BCUT2D eigenvalue weighted by Gasteiger charge is 2.33. The lowest BCUT2D eigenvalue weighted by Gasteiger charge is -2.26. The van der Waals surface area contributed by atoms with E-state index < -0.39 is 17.7 Å². The summed E-state index contributed by atoms with van der Waals surface area (Å²) in [6.07, 6.45) is 5.98. The summed E-state index contributed by atoms with van der Waals surface area (Å²) in [5.74, 6) is 1.09. The lowest BCUT2D eigenvalue weighted by atomic mass is 10.0. The number of hydrogen-bond donors (Lipinski definition) is 0. The number of rotatable bonds is 7. The highest BCUT2D eigenvalue weighted by molar-refractivity contribution is 5.92. The van der Waals surface area contributed by atoms with Crippen LogP contribution in [-0.4, -0.2) is 76.1 Å². The van der Waals surface area contributed by atoms with E-state index in [9.17, 15) is 9.59 Å². The van der Waals surface area contributed by atoms with Crippen molar-refractivity contribution in [2.24, 2.45) is 0 Å². The molecule has 1 aliphatic heterocycles. The molecule has 9 heteroatoms. The topological polar surface area (TPSA) is 93.9 Å². The molecule has 2 aliphatic rings. The van der Waals surface area contributed by atoms with Gasteiger partial charge in [0.05, 0.1) is 13.7 Å². The predicted molar refractivity (Wildman–Crippen MR) is 148 cm³/mol. The molecule has 1 aliphatic carbocycles. The first-order chi connectivity index (χ1) is 18.4. The number of aromatic nitrogens is 2. The van der Waals surface area contributed by atoms with E-state index in [2.05, 4.69) is 14.9 Å². The second-order valence-corrected chi connectivity index (χ2v) is 11.6. The third kappa shape index (κ3) is 7.41. The molecule has 1 aromatic carbocycles. The Kier molecular flexibility index (Phi) is 8.69. The van der Waals surface area contributed by atoms with Crippen LogP contribution in [-0.2, 0) is 9.47 Å². The van der Waals surface area contributed by atoms with E-state index in [1.54, 1.807) is 10.6 Å². The van der Waals surface area contributed by atoms with Crippen LogP contribution < -0.4 is 4.74 Å². The Balaban J connectivity index is 1.58. The van der Waals surface area contributed by atoms with Gasteiger partial charge in [0, 0.05) is 38.8 Å². The predicted octanol–water partition coefficient (Wildman–Crippen LogP) is 4.99. The Bertz CT molecular complexity index is 1250. The van der Waals surface area contributed by atoms with Crippen LogP contribution in [0.25, 0.3) is 0 Å². The van der Waals surface area contributed by atoms with Crippen LogP contribution in [0.1, 0.15) is 91.9 Å². The zero-order valence-electron chi connectivity index (χ0n) is 24.2. The van der Waals surface area contributed by atoms with Crippen molar-refractivity contribution in [3.8, 4) is 5.75 Å². The van der Waals surface area contributed by atoms with Gasteiger partial charge in [0.15, 0.2) is 24.2 Å². The van der Waals surface area contributed by atoms with Crippen molar-refractivity contribution in [1.82, 2.24) is 14.9 Å². The summed E-state index contributed by atoms with van der Waals surface area (Å²) in [6.45, 7) is 13.9. The van der Waals surface area contributed by atoms with E-state index >= 15 is 0 Å². The number of nitrogens with zero attached hydrogens (tertiary/aromatic N) is 4. The fraction of sp³-hybridized carbons (Fsp3) is 0.567. The molecular formula is C30H41N4O5+. The van der Waals surface area contributed by atoms with Gasteiger partial charge in [0.2, 0.25) is 0 Å². The molecule has 0 radical (unpaired) electrons. The van der Waals surface area contributed by atoms with E-state index in [1.165, 1.54) is 20.0 Å². The molecule has 0 bridgehead atoms. The van der Waals surface area contributed by atoms with Crippen LogP contribution in [0.3, 0.4) is 0 Å². The molecule has 4 rings (SSSR count). The number of amides is 1. The van der Waals surface area contributed by atoms with Gasteiger partial charge in [-0.15, -0.1) is 4.58 Å². The number of ether oxygens (including phenoxy) is 3. The maximum absolute atomic E-state index is 12.8. The van der Waals surface area contributed by atoms with E-state index in [-0.39, 0.29) is 6.09 Å². The Morgan fingerprint density at radius 2 is 1.74 bits per heavy atom. The van der Waals surface area contributed by atoms with Gasteiger partial charge in [-0.2, -0.15) is 4.79 Å². The number of esters is 1. The number of hydrogen-bond acceptors (Lipinski definition) is 8. The molecule has 2 aromatic rings. The van der Waals surface area contributed by atoms with Gasteiger partial charge in [0.25, 0.3) is 0 Å². The normalized spacial score (nSPS) is 17.4. The van der Waals surface area contributed by atoms with E-state index in [0.717, 1.165) is 28.9 Å². The zero-order valence-corrected chi connectivity index (χ0v) is 24.2. The van der Waals surface area contributed by atoms with E-state index in [0.29, 0.717) is 49.1 Å². The highest BCUT2D eigenvalue weighted by atomic mass is 16.6. The molecule has 0 saturated heterocycles. The van der Waals surface area contributed by atoms with Gasteiger partial charge in [-0.1, -0.05) is 0 Å². The van der Waals surface area contributed by atoms with Crippen molar-refractivity contribution >= 4 is 17.8 Å². The first-order valence-electron chi connectivity index (χ1n) is 13.7. The summed E-state index contributed by atoms with van der Waals surface area (Å²) in [4.78, 5) is 37.1. The van der Waals surface area contributed by atoms with Gasteiger partial charge in [-0.25, -0.2) is 14.8 Å². The van der Waals surface area contributed by atoms with E-state index in [4.69, 9.17) is 14.2 Å². The van der Waals surface area contributed by atoms with Crippen molar-refractivity contribution in [3.63, 3.8) is 0 Å². The summed E-state index contributed by atoms with van der Waals surface area (Å²) in [5, 5.41) is 0. The minimum absolute atomic E-state index is 0.327. The molecule has 39 heavy (non-hydrogen) atoms. The SMILES string of the molecule is COC(=O)c1cc(C)c(C)cc1OC(CN1CCC(C)=[N+](C(=O)OC(C)(C)C)CC1)c1ncc(C2CC2)cn1. The Morgan fingerprint density at radius 3 is 2.36 bits per heavy atom. The van der Waals surface area contributed by atoms with Crippen LogP contribution in [0.5, 0.6) is 5.75 Å². The molecule has 1 unspecified atom stereocenters. The first-order valence-corrected chi connectivity index (χ1v) is 13.7. The van der Waals surface area contributed by atoms with Gasteiger partial charge in [0.1, 0.15) is 16.9 Å². The smallest absolute Gasteiger partial charge is 0.480 e. The Hall–Kier alpha value is -3.33. The Morgan fingerprint density at radius 1 is 1.08 bits per heavy atom. The summed E-state index contributed by atoms with van der Waals surface area (Å²) in [6, 6.07) is 3.67. The molecule has 1 amide bonds. The summed E-state index contributed by atoms with van der Waals surface area (Å²) < 4.78 is 18.9. The number of carbonyl (C=O) groups excluding carboxylic acids is 2.